The van der Waals surface area contributed by atoms with Crippen LogP contribution >= 0.6 is 39.1 Å². The van der Waals surface area contributed by atoms with Crippen molar-refractivity contribution in [1.29, 1.82) is 0 Å². The van der Waals surface area contributed by atoms with Gasteiger partial charge in [0.25, 0.3) is 5.91 Å². The lowest BCUT2D eigenvalue weighted by molar-refractivity contribution is -0.143. The van der Waals surface area contributed by atoms with E-state index in [1.807, 2.05) is 25.1 Å². The summed E-state index contributed by atoms with van der Waals surface area (Å²) < 4.78 is 6.71. The standard InChI is InChI=1S/C29H37BrCl2N2O3/c1-5-25(28(36)33-22-9-7-6-8-10-22)34(17-19-11-13-21(31)16-24(19)32)27(35)18-37-26-14-12-20(15-23(26)30)29(2,3)4/h11-16,22,25H,5-10,17-18H2,1-4H3,(H,33,36)/t25-/m0/s1. The SMILES string of the molecule is CC[C@@H](C(=O)NC1CCCCC1)N(Cc1ccc(Cl)cc1Cl)C(=O)COc1ccc(C(C)(C)C)cc1Br. The van der Waals surface area contributed by atoms with Crippen LogP contribution in [-0.2, 0) is 21.5 Å². The van der Waals surface area contributed by atoms with E-state index in [0.29, 0.717) is 22.2 Å². The van der Waals surface area contributed by atoms with Crippen molar-refractivity contribution in [2.24, 2.45) is 0 Å². The van der Waals surface area contributed by atoms with Gasteiger partial charge in [0.05, 0.1) is 4.47 Å². The summed E-state index contributed by atoms with van der Waals surface area (Å²) in [5.41, 5.74) is 1.87. The van der Waals surface area contributed by atoms with E-state index in [2.05, 4.69) is 42.0 Å². The molecule has 3 rings (SSSR count). The number of hydrogen-bond donors (Lipinski definition) is 1. The van der Waals surface area contributed by atoms with E-state index in [4.69, 9.17) is 27.9 Å². The molecule has 2 aromatic rings. The highest BCUT2D eigenvalue weighted by molar-refractivity contribution is 9.10. The fourth-order valence-corrected chi connectivity index (χ4v) is 5.57. The number of ether oxygens (including phenoxy) is 1. The first-order chi connectivity index (χ1) is 17.5. The lowest BCUT2D eigenvalue weighted by atomic mass is 9.87. The van der Waals surface area contributed by atoms with E-state index in [1.165, 1.54) is 6.42 Å². The third-order valence-corrected chi connectivity index (χ3v) is 8.05. The second-order valence-electron chi connectivity index (χ2n) is 10.7. The molecule has 0 spiro atoms. The third-order valence-electron chi connectivity index (χ3n) is 6.84. The predicted molar refractivity (Wildman–Crippen MR) is 154 cm³/mol. The minimum atomic E-state index is -0.642. The van der Waals surface area contributed by atoms with Gasteiger partial charge in [0, 0.05) is 22.6 Å². The number of carbonyl (C=O) groups excluding carboxylic acids is 2. The molecule has 0 bridgehead atoms. The molecule has 1 N–H and O–H groups in total. The smallest absolute Gasteiger partial charge is 0.261 e. The second kappa shape index (κ2) is 13.3. The fraction of sp³-hybridized carbons (Fsp3) is 0.517. The average Bonchev–Trinajstić information content (AvgIpc) is 2.84. The maximum atomic E-state index is 13.6. The van der Waals surface area contributed by atoms with E-state index in [0.717, 1.165) is 41.3 Å². The highest BCUT2D eigenvalue weighted by Gasteiger charge is 2.31. The molecule has 5 nitrogen and oxygen atoms in total. The highest BCUT2D eigenvalue weighted by Crippen LogP contribution is 2.32. The maximum absolute atomic E-state index is 13.6. The van der Waals surface area contributed by atoms with Gasteiger partial charge in [-0.3, -0.25) is 9.59 Å². The number of halogens is 3. The van der Waals surface area contributed by atoms with Crippen LogP contribution in [-0.4, -0.2) is 35.4 Å². The Morgan fingerprint density at radius 1 is 1.11 bits per heavy atom. The number of carbonyl (C=O) groups is 2. The lowest BCUT2D eigenvalue weighted by Gasteiger charge is -2.33. The van der Waals surface area contributed by atoms with Crippen molar-refractivity contribution in [1.82, 2.24) is 10.2 Å². The van der Waals surface area contributed by atoms with Crippen LogP contribution in [0, 0.1) is 0 Å². The van der Waals surface area contributed by atoms with Crippen molar-refractivity contribution in [3.63, 3.8) is 0 Å². The van der Waals surface area contributed by atoms with Crippen LogP contribution in [0.4, 0.5) is 0 Å². The number of rotatable bonds is 9. The molecule has 8 heteroatoms. The molecule has 0 aromatic heterocycles. The minimum Gasteiger partial charge on any atom is -0.483 e. The Balaban J connectivity index is 1.80. The first-order valence-corrected chi connectivity index (χ1v) is 14.5. The largest absolute Gasteiger partial charge is 0.483 e. The first kappa shape index (κ1) is 29.8. The van der Waals surface area contributed by atoms with Crippen LogP contribution in [0.2, 0.25) is 10.0 Å². The molecule has 37 heavy (non-hydrogen) atoms. The molecule has 1 aliphatic rings. The topological polar surface area (TPSA) is 58.6 Å². The van der Waals surface area contributed by atoms with Gasteiger partial charge < -0.3 is 15.0 Å². The van der Waals surface area contributed by atoms with Crippen LogP contribution in [0.5, 0.6) is 5.75 Å². The number of nitrogens with one attached hydrogen (secondary N) is 1. The van der Waals surface area contributed by atoms with Crippen LogP contribution in [0.3, 0.4) is 0 Å². The summed E-state index contributed by atoms with van der Waals surface area (Å²) in [5, 5.41) is 4.15. The van der Waals surface area contributed by atoms with E-state index >= 15 is 0 Å². The molecular formula is C29H37BrCl2N2O3. The van der Waals surface area contributed by atoms with Gasteiger partial charge in [-0.1, -0.05) is 82.3 Å². The van der Waals surface area contributed by atoms with Gasteiger partial charge in [0.1, 0.15) is 11.8 Å². The summed E-state index contributed by atoms with van der Waals surface area (Å²) >= 11 is 16.1. The van der Waals surface area contributed by atoms with Crippen molar-refractivity contribution in [3.05, 3.63) is 62.0 Å². The summed E-state index contributed by atoms with van der Waals surface area (Å²) in [7, 11) is 0. The van der Waals surface area contributed by atoms with Crippen molar-refractivity contribution < 1.29 is 14.3 Å². The molecule has 0 aliphatic heterocycles. The van der Waals surface area contributed by atoms with Gasteiger partial charge >= 0.3 is 0 Å². The quantitative estimate of drug-likeness (QED) is 0.316. The van der Waals surface area contributed by atoms with E-state index in [1.54, 1.807) is 23.1 Å². The Morgan fingerprint density at radius 3 is 2.41 bits per heavy atom. The lowest BCUT2D eigenvalue weighted by Crippen LogP contribution is -2.52. The summed E-state index contributed by atoms with van der Waals surface area (Å²) in [6.45, 7) is 8.31. The molecule has 202 valence electrons. The summed E-state index contributed by atoms with van der Waals surface area (Å²) in [6.07, 6.45) is 5.84. The van der Waals surface area contributed by atoms with Gasteiger partial charge in [0.15, 0.2) is 6.61 Å². The number of amides is 2. The van der Waals surface area contributed by atoms with E-state index in [9.17, 15) is 9.59 Å². The average molecular weight is 612 g/mol. The van der Waals surface area contributed by atoms with Gasteiger partial charge in [-0.25, -0.2) is 0 Å². The zero-order valence-electron chi connectivity index (χ0n) is 22.1. The maximum Gasteiger partial charge on any atom is 0.261 e. The molecule has 1 atom stereocenters. The second-order valence-corrected chi connectivity index (χ2v) is 12.4. The molecular weight excluding hydrogens is 575 g/mol. The molecule has 0 unspecified atom stereocenters. The number of hydrogen-bond acceptors (Lipinski definition) is 3. The Bertz CT molecular complexity index is 1100. The Labute approximate surface area is 239 Å². The zero-order chi connectivity index (χ0) is 27.2. The minimum absolute atomic E-state index is 0.00837. The predicted octanol–water partition coefficient (Wildman–Crippen LogP) is 7.69. The Morgan fingerprint density at radius 2 is 1.81 bits per heavy atom. The van der Waals surface area contributed by atoms with Crippen molar-refractivity contribution in [2.45, 2.75) is 90.3 Å². The van der Waals surface area contributed by atoms with Crippen LogP contribution < -0.4 is 10.1 Å². The van der Waals surface area contributed by atoms with Crippen molar-refractivity contribution >= 4 is 50.9 Å². The van der Waals surface area contributed by atoms with Crippen LogP contribution in [0.15, 0.2) is 40.9 Å². The molecule has 2 aromatic carbocycles. The molecule has 1 aliphatic carbocycles. The van der Waals surface area contributed by atoms with Crippen molar-refractivity contribution in [2.75, 3.05) is 6.61 Å². The van der Waals surface area contributed by atoms with Crippen molar-refractivity contribution in [3.8, 4) is 5.75 Å². The molecule has 0 radical (unpaired) electrons. The van der Waals surface area contributed by atoms with Crippen LogP contribution in [0.25, 0.3) is 0 Å². The normalized spacial score (nSPS) is 15.2. The first-order valence-electron chi connectivity index (χ1n) is 13.0. The molecule has 0 saturated heterocycles. The van der Waals surface area contributed by atoms with Gasteiger partial charge in [-0.2, -0.15) is 0 Å². The number of nitrogens with zero attached hydrogens (tertiary/aromatic N) is 1. The Hall–Kier alpha value is -1.76. The monoisotopic (exact) mass is 610 g/mol. The molecule has 0 heterocycles. The summed E-state index contributed by atoms with van der Waals surface area (Å²) in [6, 6.07) is 10.6. The summed E-state index contributed by atoms with van der Waals surface area (Å²) in [4.78, 5) is 28.5. The Kier molecular flexibility index (Phi) is 10.7. The molecule has 1 saturated carbocycles. The third kappa shape index (κ3) is 8.36. The number of benzene rings is 2. The fourth-order valence-electron chi connectivity index (χ4n) is 4.60. The zero-order valence-corrected chi connectivity index (χ0v) is 25.2. The summed E-state index contributed by atoms with van der Waals surface area (Å²) in [5.74, 6) is 0.150. The van der Waals surface area contributed by atoms with Gasteiger partial charge in [-0.15, -0.1) is 0 Å². The molecule has 2 amide bonds. The van der Waals surface area contributed by atoms with E-state index in [-0.39, 0.29) is 36.4 Å². The van der Waals surface area contributed by atoms with Gasteiger partial charge in [-0.05, 0) is 76.0 Å². The van der Waals surface area contributed by atoms with Crippen LogP contribution in [0.1, 0.15) is 77.3 Å². The highest BCUT2D eigenvalue weighted by atomic mass is 79.9. The van der Waals surface area contributed by atoms with E-state index < -0.39 is 6.04 Å². The van der Waals surface area contributed by atoms with Gasteiger partial charge in [0.2, 0.25) is 5.91 Å². The molecule has 1 fully saturated rings.